The van der Waals surface area contributed by atoms with Gasteiger partial charge in [0.2, 0.25) is 0 Å². The number of unbranched alkanes of at least 4 members (excludes halogenated alkanes) is 2. The molecule has 0 radical (unpaired) electrons. The summed E-state index contributed by atoms with van der Waals surface area (Å²) in [4.78, 5) is 12.0. The van der Waals surface area contributed by atoms with Gasteiger partial charge in [-0.1, -0.05) is 31.9 Å². The Kier molecular flexibility index (Phi) is 4.00. The van der Waals surface area contributed by atoms with Gasteiger partial charge in [-0.25, -0.2) is 0 Å². The number of carbonyl (C=O) groups excluding carboxylic acids is 1. The number of para-hydroxylation sites is 1. The van der Waals surface area contributed by atoms with Crippen molar-refractivity contribution in [2.24, 2.45) is 0 Å². The van der Waals surface area contributed by atoms with Crippen molar-refractivity contribution in [2.75, 3.05) is 0 Å². The molecular formula is C14H15BrO2. The molecule has 2 aromatic rings. The summed E-state index contributed by atoms with van der Waals surface area (Å²) in [6.07, 6.45) is 3.70. The number of ketones is 1. The van der Waals surface area contributed by atoms with Gasteiger partial charge in [0.05, 0.1) is 4.47 Å². The van der Waals surface area contributed by atoms with Crippen LogP contribution in [0.5, 0.6) is 0 Å². The smallest absolute Gasteiger partial charge is 0.199 e. The average Bonchev–Trinajstić information content (AvgIpc) is 2.68. The fourth-order valence-corrected chi connectivity index (χ4v) is 2.47. The van der Waals surface area contributed by atoms with Crippen LogP contribution in [0.1, 0.15) is 43.2 Å². The van der Waals surface area contributed by atoms with E-state index in [9.17, 15) is 4.79 Å². The molecule has 0 aliphatic rings. The van der Waals surface area contributed by atoms with Crippen molar-refractivity contribution in [2.45, 2.75) is 32.6 Å². The minimum Gasteiger partial charge on any atom is -0.452 e. The zero-order valence-corrected chi connectivity index (χ0v) is 11.4. The molecule has 0 unspecified atom stereocenters. The minimum atomic E-state index is 0.0847. The monoisotopic (exact) mass is 294 g/mol. The van der Waals surface area contributed by atoms with E-state index in [2.05, 4.69) is 22.9 Å². The maximum absolute atomic E-state index is 12.0. The third kappa shape index (κ3) is 2.60. The van der Waals surface area contributed by atoms with Crippen molar-refractivity contribution in [1.29, 1.82) is 0 Å². The maximum Gasteiger partial charge on any atom is 0.199 e. The normalized spacial score (nSPS) is 10.9. The Morgan fingerprint density at radius 2 is 2.06 bits per heavy atom. The zero-order chi connectivity index (χ0) is 12.3. The fourth-order valence-electron chi connectivity index (χ4n) is 1.84. The van der Waals surface area contributed by atoms with Crippen molar-refractivity contribution >= 4 is 32.7 Å². The number of rotatable bonds is 5. The molecule has 0 amide bonds. The minimum absolute atomic E-state index is 0.0847. The number of hydrogen-bond acceptors (Lipinski definition) is 2. The molecule has 17 heavy (non-hydrogen) atoms. The first-order chi connectivity index (χ1) is 8.24. The van der Waals surface area contributed by atoms with Crippen LogP contribution in [-0.2, 0) is 0 Å². The molecule has 1 aromatic carbocycles. The standard InChI is InChI=1S/C14H15BrO2/c1-2-3-4-8-11(16)14-13(15)10-7-5-6-9-12(10)17-14/h5-7,9H,2-4,8H2,1H3. The predicted molar refractivity (Wildman–Crippen MR) is 72.4 cm³/mol. The second-order valence-electron chi connectivity index (χ2n) is 4.12. The lowest BCUT2D eigenvalue weighted by Gasteiger charge is -1.97. The van der Waals surface area contributed by atoms with Gasteiger partial charge in [0.1, 0.15) is 5.58 Å². The number of furan rings is 1. The van der Waals surface area contributed by atoms with Crippen LogP contribution in [0.4, 0.5) is 0 Å². The summed E-state index contributed by atoms with van der Waals surface area (Å²) >= 11 is 3.45. The number of hydrogen-bond donors (Lipinski definition) is 0. The van der Waals surface area contributed by atoms with Gasteiger partial charge in [-0.05, 0) is 34.5 Å². The van der Waals surface area contributed by atoms with Crippen molar-refractivity contribution in [3.8, 4) is 0 Å². The number of Topliss-reactive ketones (excluding diaryl/α,β-unsaturated/α-hetero) is 1. The number of benzene rings is 1. The largest absolute Gasteiger partial charge is 0.452 e. The van der Waals surface area contributed by atoms with E-state index >= 15 is 0 Å². The lowest BCUT2D eigenvalue weighted by Crippen LogP contribution is -1.97. The van der Waals surface area contributed by atoms with Gasteiger partial charge < -0.3 is 4.42 Å². The highest BCUT2D eigenvalue weighted by molar-refractivity contribution is 9.10. The van der Waals surface area contributed by atoms with Crippen LogP contribution in [0, 0.1) is 0 Å². The molecule has 90 valence electrons. The van der Waals surface area contributed by atoms with E-state index in [1.54, 1.807) is 0 Å². The Morgan fingerprint density at radius 1 is 1.29 bits per heavy atom. The van der Waals surface area contributed by atoms with Gasteiger partial charge >= 0.3 is 0 Å². The van der Waals surface area contributed by atoms with E-state index in [0.717, 1.165) is 34.7 Å². The van der Waals surface area contributed by atoms with Crippen molar-refractivity contribution in [3.63, 3.8) is 0 Å². The number of carbonyl (C=O) groups is 1. The summed E-state index contributed by atoms with van der Waals surface area (Å²) in [7, 11) is 0. The van der Waals surface area contributed by atoms with Gasteiger partial charge in [0, 0.05) is 11.8 Å². The lowest BCUT2D eigenvalue weighted by molar-refractivity contribution is 0.0953. The number of fused-ring (bicyclic) bond motifs is 1. The Balaban J connectivity index is 2.23. The first kappa shape index (κ1) is 12.4. The first-order valence-electron chi connectivity index (χ1n) is 5.94. The van der Waals surface area contributed by atoms with Crippen LogP contribution in [0.3, 0.4) is 0 Å². The molecule has 0 saturated carbocycles. The van der Waals surface area contributed by atoms with Gasteiger partial charge in [0.25, 0.3) is 0 Å². The third-order valence-corrected chi connectivity index (χ3v) is 3.58. The zero-order valence-electron chi connectivity index (χ0n) is 9.83. The molecule has 0 bridgehead atoms. The summed E-state index contributed by atoms with van der Waals surface area (Å²) in [5.41, 5.74) is 0.762. The highest BCUT2D eigenvalue weighted by Gasteiger charge is 2.17. The van der Waals surface area contributed by atoms with Crippen LogP contribution in [0.25, 0.3) is 11.0 Å². The summed E-state index contributed by atoms with van der Waals surface area (Å²) in [5, 5.41) is 0.964. The Hall–Kier alpha value is -1.09. The van der Waals surface area contributed by atoms with Crippen LogP contribution in [0.15, 0.2) is 33.2 Å². The van der Waals surface area contributed by atoms with E-state index in [1.807, 2.05) is 24.3 Å². The average molecular weight is 295 g/mol. The van der Waals surface area contributed by atoms with Crippen LogP contribution >= 0.6 is 15.9 Å². The van der Waals surface area contributed by atoms with Gasteiger partial charge in [-0.3, -0.25) is 4.79 Å². The van der Waals surface area contributed by atoms with E-state index in [4.69, 9.17) is 4.42 Å². The number of halogens is 1. The molecule has 0 N–H and O–H groups in total. The molecule has 1 heterocycles. The molecule has 0 saturated heterocycles. The second kappa shape index (κ2) is 5.50. The predicted octanol–water partition coefficient (Wildman–Crippen LogP) is 4.96. The van der Waals surface area contributed by atoms with E-state index in [-0.39, 0.29) is 5.78 Å². The molecular weight excluding hydrogens is 280 g/mol. The fraction of sp³-hybridized carbons (Fsp3) is 0.357. The van der Waals surface area contributed by atoms with Gasteiger partial charge in [-0.15, -0.1) is 0 Å². The van der Waals surface area contributed by atoms with E-state index in [1.165, 1.54) is 0 Å². The Morgan fingerprint density at radius 3 is 2.76 bits per heavy atom. The van der Waals surface area contributed by atoms with E-state index < -0.39 is 0 Å². The molecule has 0 aliphatic carbocycles. The first-order valence-corrected chi connectivity index (χ1v) is 6.73. The highest BCUT2D eigenvalue weighted by Crippen LogP contribution is 2.31. The van der Waals surface area contributed by atoms with Crippen molar-refractivity contribution in [3.05, 3.63) is 34.5 Å². The molecule has 2 rings (SSSR count). The lowest BCUT2D eigenvalue weighted by atomic mass is 10.1. The quantitative estimate of drug-likeness (QED) is 0.576. The Bertz CT molecular complexity index is 528. The molecule has 3 heteroatoms. The molecule has 2 nitrogen and oxygen atoms in total. The SMILES string of the molecule is CCCCCC(=O)c1oc2ccccc2c1Br. The topological polar surface area (TPSA) is 30.2 Å². The molecule has 0 aliphatic heterocycles. The highest BCUT2D eigenvalue weighted by atomic mass is 79.9. The third-order valence-electron chi connectivity index (χ3n) is 2.80. The molecule has 0 fully saturated rings. The van der Waals surface area contributed by atoms with E-state index in [0.29, 0.717) is 12.2 Å². The Labute approximate surface area is 109 Å². The van der Waals surface area contributed by atoms with Gasteiger partial charge in [0.15, 0.2) is 11.5 Å². The summed E-state index contributed by atoms with van der Waals surface area (Å²) in [6.45, 7) is 2.13. The van der Waals surface area contributed by atoms with Crippen molar-refractivity contribution < 1.29 is 9.21 Å². The van der Waals surface area contributed by atoms with Crippen LogP contribution in [0.2, 0.25) is 0 Å². The summed E-state index contributed by atoms with van der Waals surface area (Å²) in [6, 6.07) is 7.67. The molecule has 1 aromatic heterocycles. The summed E-state index contributed by atoms with van der Waals surface area (Å²) in [5.74, 6) is 0.545. The second-order valence-corrected chi connectivity index (χ2v) is 4.91. The molecule has 0 spiro atoms. The van der Waals surface area contributed by atoms with Gasteiger partial charge in [-0.2, -0.15) is 0 Å². The maximum atomic E-state index is 12.0. The van der Waals surface area contributed by atoms with Crippen LogP contribution < -0.4 is 0 Å². The summed E-state index contributed by atoms with van der Waals surface area (Å²) < 4.78 is 6.38. The van der Waals surface area contributed by atoms with Crippen molar-refractivity contribution in [1.82, 2.24) is 0 Å². The van der Waals surface area contributed by atoms with Crippen LogP contribution in [-0.4, -0.2) is 5.78 Å². The molecule has 0 atom stereocenters.